The molecule has 0 bridgehead atoms. The van der Waals surface area contributed by atoms with Crippen molar-refractivity contribution < 1.29 is 4.79 Å². The van der Waals surface area contributed by atoms with Crippen molar-refractivity contribution in [2.24, 2.45) is 0 Å². The molecular weight excluding hydrogens is 368 g/mol. The van der Waals surface area contributed by atoms with E-state index in [1.165, 1.54) is 22.6 Å². The molecule has 26 heavy (non-hydrogen) atoms. The van der Waals surface area contributed by atoms with E-state index < -0.39 is 0 Å². The second kappa shape index (κ2) is 7.16. The molecule has 0 fully saturated rings. The van der Waals surface area contributed by atoms with Crippen LogP contribution in [0.5, 0.6) is 0 Å². The Kier molecular flexibility index (Phi) is 4.73. The Morgan fingerprint density at radius 1 is 1.38 bits per heavy atom. The van der Waals surface area contributed by atoms with Gasteiger partial charge in [-0.05, 0) is 43.7 Å². The Morgan fingerprint density at radius 3 is 3.04 bits per heavy atom. The topological polar surface area (TPSA) is 84.7 Å². The Hall–Kier alpha value is -2.26. The van der Waals surface area contributed by atoms with Crippen LogP contribution in [0.1, 0.15) is 37.6 Å². The third-order valence-corrected chi connectivity index (χ3v) is 6.00. The van der Waals surface area contributed by atoms with Crippen LogP contribution >= 0.6 is 22.7 Å². The zero-order valence-electron chi connectivity index (χ0n) is 14.6. The minimum Gasteiger partial charge on any atom is -0.335 e. The summed E-state index contributed by atoms with van der Waals surface area (Å²) in [5, 5.41) is 23.9. The van der Waals surface area contributed by atoms with E-state index in [-0.39, 0.29) is 12.1 Å². The Labute approximate surface area is 159 Å². The molecule has 3 aromatic rings. The first-order chi connectivity index (χ1) is 12.6. The van der Waals surface area contributed by atoms with Gasteiger partial charge in [0.2, 0.25) is 5.13 Å². The van der Waals surface area contributed by atoms with Crippen LogP contribution in [0.4, 0.5) is 9.93 Å². The summed E-state index contributed by atoms with van der Waals surface area (Å²) in [5.74, 6) is 0. The Morgan fingerprint density at radius 2 is 2.27 bits per heavy atom. The number of hydrogen-bond donors (Lipinski definition) is 2. The fraction of sp³-hybridized carbons (Fsp3) is 0.412. The van der Waals surface area contributed by atoms with E-state index in [1.807, 2.05) is 23.0 Å². The number of nitrogens with zero attached hydrogens (tertiary/aromatic N) is 4. The van der Waals surface area contributed by atoms with Crippen LogP contribution in [0.2, 0.25) is 0 Å². The monoisotopic (exact) mass is 388 g/mol. The third-order valence-electron chi connectivity index (χ3n) is 4.43. The number of amides is 2. The van der Waals surface area contributed by atoms with Gasteiger partial charge >= 0.3 is 6.03 Å². The average molecular weight is 389 g/mol. The highest BCUT2D eigenvalue weighted by molar-refractivity contribution is 7.19. The Balaban J connectivity index is 1.37. The molecule has 3 heterocycles. The van der Waals surface area contributed by atoms with Crippen molar-refractivity contribution >= 4 is 33.8 Å². The molecule has 2 N–H and O–H groups in total. The maximum atomic E-state index is 12.3. The molecule has 0 aromatic carbocycles. The van der Waals surface area contributed by atoms with Gasteiger partial charge in [-0.15, -0.1) is 10.2 Å². The van der Waals surface area contributed by atoms with Crippen LogP contribution in [0.25, 0.3) is 10.6 Å². The lowest BCUT2D eigenvalue weighted by molar-refractivity contribution is 0.246. The van der Waals surface area contributed by atoms with Crippen LogP contribution in [0.15, 0.2) is 23.0 Å². The fourth-order valence-corrected chi connectivity index (χ4v) is 4.64. The van der Waals surface area contributed by atoms with E-state index in [1.54, 1.807) is 11.3 Å². The van der Waals surface area contributed by atoms with Gasteiger partial charge in [-0.3, -0.25) is 10.00 Å². The molecule has 1 unspecified atom stereocenters. The number of thiophene rings is 1. The maximum absolute atomic E-state index is 12.3. The first-order valence-electron chi connectivity index (χ1n) is 8.59. The highest BCUT2D eigenvalue weighted by Gasteiger charge is 2.25. The summed E-state index contributed by atoms with van der Waals surface area (Å²) in [7, 11) is 0. The van der Waals surface area contributed by atoms with Gasteiger partial charge in [0.1, 0.15) is 5.01 Å². The molecule has 3 aromatic heterocycles. The lowest BCUT2D eigenvalue weighted by Crippen LogP contribution is -2.41. The van der Waals surface area contributed by atoms with Crippen molar-refractivity contribution in [3.63, 3.8) is 0 Å². The second-order valence-corrected chi connectivity index (χ2v) is 8.37. The van der Waals surface area contributed by atoms with Crippen molar-refractivity contribution in [2.75, 3.05) is 5.32 Å². The lowest BCUT2D eigenvalue weighted by atomic mass is 9.93. The van der Waals surface area contributed by atoms with Crippen LogP contribution in [0.3, 0.4) is 0 Å². The SMILES string of the molecule is CC(C)n1ncc2c1CC(NC(=O)Nc1nnc(-c3ccsc3)s1)CC2. The summed E-state index contributed by atoms with van der Waals surface area (Å²) in [6, 6.07) is 2.18. The molecule has 0 aliphatic heterocycles. The van der Waals surface area contributed by atoms with Crippen molar-refractivity contribution in [2.45, 2.75) is 45.2 Å². The highest BCUT2D eigenvalue weighted by Crippen LogP contribution is 2.28. The number of rotatable bonds is 4. The molecular formula is C17H20N6OS2. The molecule has 0 saturated carbocycles. The van der Waals surface area contributed by atoms with Gasteiger partial charge < -0.3 is 5.32 Å². The molecule has 136 valence electrons. The average Bonchev–Trinajstić information content (AvgIpc) is 3.34. The smallest absolute Gasteiger partial charge is 0.321 e. The number of aromatic nitrogens is 4. The first-order valence-corrected chi connectivity index (χ1v) is 10.3. The van der Waals surface area contributed by atoms with E-state index in [4.69, 9.17) is 0 Å². The number of urea groups is 1. The number of anilines is 1. The summed E-state index contributed by atoms with van der Waals surface area (Å²) < 4.78 is 2.05. The Bertz CT molecular complexity index is 898. The number of carbonyl (C=O) groups excluding carboxylic acids is 1. The van der Waals surface area contributed by atoms with Crippen LogP contribution in [-0.2, 0) is 12.8 Å². The molecule has 0 saturated heterocycles. The molecule has 1 aliphatic carbocycles. The highest BCUT2D eigenvalue weighted by atomic mass is 32.1. The number of aryl methyl sites for hydroxylation is 1. The number of hydrogen-bond acceptors (Lipinski definition) is 6. The number of carbonyl (C=O) groups is 1. The number of fused-ring (bicyclic) bond motifs is 1. The molecule has 2 amide bonds. The zero-order chi connectivity index (χ0) is 18.1. The van der Waals surface area contributed by atoms with Gasteiger partial charge in [-0.25, -0.2) is 4.79 Å². The fourth-order valence-electron chi connectivity index (χ4n) is 3.19. The van der Waals surface area contributed by atoms with Gasteiger partial charge in [0.05, 0.1) is 6.20 Å². The maximum Gasteiger partial charge on any atom is 0.321 e. The van der Waals surface area contributed by atoms with Crippen molar-refractivity contribution in [1.82, 2.24) is 25.3 Å². The third kappa shape index (κ3) is 3.49. The standard InChI is InChI=1S/C17H20N6OS2/c1-10(2)23-14-7-13(4-3-11(14)8-18-23)19-16(24)20-17-22-21-15(26-17)12-5-6-25-9-12/h5-6,8-10,13H,3-4,7H2,1-2H3,(H2,19,20,22,24). The second-order valence-electron chi connectivity index (χ2n) is 6.62. The largest absolute Gasteiger partial charge is 0.335 e. The van der Waals surface area contributed by atoms with Crippen molar-refractivity contribution in [3.05, 3.63) is 34.3 Å². The summed E-state index contributed by atoms with van der Waals surface area (Å²) in [6.07, 6.45) is 4.62. The van der Waals surface area contributed by atoms with E-state index in [0.717, 1.165) is 29.8 Å². The van der Waals surface area contributed by atoms with Crippen LogP contribution in [-0.4, -0.2) is 32.1 Å². The molecule has 0 spiro atoms. The van der Waals surface area contributed by atoms with Gasteiger partial charge in [0, 0.05) is 35.1 Å². The van der Waals surface area contributed by atoms with Gasteiger partial charge in [0.15, 0.2) is 0 Å². The summed E-state index contributed by atoms with van der Waals surface area (Å²) in [5.41, 5.74) is 3.55. The van der Waals surface area contributed by atoms with Crippen molar-refractivity contribution in [3.8, 4) is 10.6 Å². The van der Waals surface area contributed by atoms with Gasteiger partial charge in [-0.1, -0.05) is 11.3 Å². The summed E-state index contributed by atoms with van der Waals surface area (Å²) in [6.45, 7) is 4.25. The van der Waals surface area contributed by atoms with Crippen molar-refractivity contribution in [1.29, 1.82) is 0 Å². The van der Waals surface area contributed by atoms with E-state index in [2.05, 4.69) is 44.5 Å². The normalized spacial score (nSPS) is 16.5. The summed E-state index contributed by atoms with van der Waals surface area (Å²) in [4.78, 5) is 12.3. The van der Waals surface area contributed by atoms with Crippen LogP contribution in [0, 0.1) is 0 Å². The predicted molar refractivity (Wildman–Crippen MR) is 104 cm³/mol. The lowest BCUT2D eigenvalue weighted by Gasteiger charge is -2.25. The molecule has 4 rings (SSSR count). The van der Waals surface area contributed by atoms with Gasteiger partial charge in [0.25, 0.3) is 0 Å². The van der Waals surface area contributed by atoms with E-state index in [9.17, 15) is 4.79 Å². The summed E-state index contributed by atoms with van der Waals surface area (Å²) >= 11 is 2.99. The minimum atomic E-state index is -0.234. The van der Waals surface area contributed by atoms with E-state index in [0.29, 0.717) is 11.2 Å². The molecule has 9 heteroatoms. The first kappa shape index (κ1) is 17.2. The number of nitrogens with one attached hydrogen (secondary N) is 2. The molecule has 1 aliphatic rings. The predicted octanol–water partition coefficient (Wildman–Crippen LogP) is 3.72. The van der Waals surface area contributed by atoms with Crippen LogP contribution < -0.4 is 10.6 Å². The van der Waals surface area contributed by atoms with E-state index >= 15 is 0 Å². The van der Waals surface area contributed by atoms with Gasteiger partial charge in [-0.2, -0.15) is 16.4 Å². The molecule has 1 atom stereocenters. The minimum absolute atomic E-state index is 0.0981. The quantitative estimate of drug-likeness (QED) is 0.713. The molecule has 7 nitrogen and oxygen atoms in total. The zero-order valence-corrected chi connectivity index (χ0v) is 16.2. The molecule has 0 radical (unpaired) electrons.